The number of nitrogens with one attached hydrogen (secondary N) is 1. The number of ether oxygens (including phenoxy) is 1. The minimum Gasteiger partial charge on any atom is -0.496 e. The van der Waals surface area contributed by atoms with Gasteiger partial charge in [-0.3, -0.25) is 11.3 Å². The molecular formula is C9H14N2O. The van der Waals surface area contributed by atoms with Crippen molar-refractivity contribution in [2.45, 2.75) is 13.5 Å². The standard InChI is InChI=1S/C9H14N2O/c1-7-3-4-9(12-2)8(5-7)6-11-10/h3-5,11H,6,10H2,1-2H3. The molecule has 12 heavy (non-hydrogen) atoms. The molecule has 0 unspecified atom stereocenters. The maximum Gasteiger partial charge on any atom is 0.123 e. The van der Waals surface area contributed by atoms with Crippen LogP contribution in [0, 0.1) is 6.92 Å². The van der Waals surface area contributed by atoms with Crippen molar-refractivity contribution in [1.82, 2.24) is 5.43 Å². The first kappa shape index (κ1) is 9.03. The molecule has 0 aromatic heterocycles. The van der Waals surface area contributed by atoms with E-state index in [0.717, 1.165) is 11.3 Å². The molecule has 0 fully saturated rings. The highest BCUT2D eigenvalue weighted by Crippen LogP contribution is 2.18. The van der Waals surface area contributed by atoms with Crippen molar-refractivity contribution in [2.24, 2.45) is 5.84 Å². The summed E-state index contributed by atoms with van der Waals surface area (Å²) in [6.45, 7) is 2.67. The summed E-state index contributed by atoms with van der Waals surface area (Å²) in [7, 11) is 1.66. The molecule has 3 heteroatoms. The Kier molecular flexibility index (Phi) is 3.08. The molecule has 0 saturated carbocycles. The highest BCUT2D eigenvalue weighted by atomic mass is 16.5. The lowest BCUT2D eigenvalue weighted by molar-refractivity contribution is 0.408. The fourth-order valence-corrected chi connectivity index (χ4v) is 1.16. The molecule has 0 bridgehead atoms. The van der Waals surface area contributed by atoms with Crippen LogP contribution in [0.15, 0.2) is 18.2 Å². The highest BCUT2D eigenvalue weighted by molar-refractivity contribution is 5.36. The van der Waals surface area contributed by atoms with Gasteiger partial charge in [-0.2, -0.15) is 0 Å². The third-order valence-corrected chi connectivity index (χ3v) is 1.73. The summed E-state index contributed by atoms with van der Waals surface area (Å²) in [5.41, 5.74) is 4.90. The van der Waals surface area contributed by atoms with E-state index >= 15 is 0 Å². The number of hydrogen-bond donors (Lipinski definition) is 2. The average molecular weight is 166 g/mol. The van der Waals surface area contributed by atoms with Gasteiger partial charge in [0.1, 0.15) is 5.75 Å². The molecule has 0 heterocycles. The monoisotopic (exact) mass is 166 g/mol. The molecule has 1 aromatic carbocycles. The summed E-state index contributed by atoms with van der Waals surface area (Å²) >= 11 is 0. The molecular weight excluding hydrogens is 152 g/mol. The molecule has 0 aliphatic heterocycles. The van der Waals surface area contributed by atoms with Crippen LogP contribution in [0.1, 0.15) is 11.1 Å². The zero-order valence-corrected chi connectivity index (χ0v) is 7.42. The van der Waals surface area contributed by atoms with Crippen LogP contribution >= 0.6 is 0 Å². The smallest absolute Gasteiger partial charge is 0.123 e. The zero-order valence-electron chi connectivity index (χ0n) is 7.42. The largest absolute Gasteiger partial charge is 0.496 e. The first-order chi connectivity index (χ1) is 5.77. The number of benzene rings is 1. The van der Waals surface area contributed by atoms with Gasteiger partial charge in [0.15, 0.2) is 0 Å². The molecule has 0 saturated heterocycles. The van der Waals surface area contributed by atoms with E-state index in [1.54, 1.807) is 7.11 Å². The summed E-state index contributed by atoms with van der Waals surface area (Å²) < 4.78 is 5.16. The second-order valence-corrected chi connectivity index (χ2v) is 2.70. The maximum absolute atomic E-state index is 5.23. The predicted molar refractivity (Wildman–Crippen MR) is 48.8 cm³/mol. The number of hydrogen-bond acceptors (Lipinski definition) is 3. The fraction of sp³-hybridized carbons (Fsp3) is 0.333. The number of methoxy groups -OCH3 is 1. The van der Waals surface area contributed by atoms with Gasteiger partial charge in [0.2, 0.25) is 0 Å². The van der Waals surface area contributed by atoms with Crippen LogP contribution in [0.2, 0.25) is 0 Å². The minimum absolute atomic E-state index is 0.630. The third kappa shape index (κ3) is 1.96. The van der Waals surface area contributed by atoms with Gasteiger partial charge in [0, 0.05) is 12.1 Å². The molecule has 0 aliphatic carbocycles. The van der Waals surface area contributed by atoms with Crippen molar-refractivity contribution in [2.75, 3.05) is 7.11 Å². The van der Waals surface area contributed by atoms with E-state index in [1.807, 2.05) is 19.1 Å². The van der Waals surface area contributed by atoms with Gasteiger partial charge in [-0.15, -0.1) is 0 Å². The van der Waals surface area contributed by atoms with Crippen LogP contribution in [-0.4, -0.2) is 7.11 Å². The van der Waals surface area contributed by atoms with Gasteiger partial charge in [-0.1, -0.05) is 17.7 Å². The Morgan fingerprint density at radius 3 is 2.83 bits per heavy atom. The maximum atomic E-state index is 5.23. The summed E-state index contributed by atoms with van der Waals surface area (Å²) in [4.78, 5) is 0. The van der Waals surface area contributed by atoms with E-state index in [9.17, 15) is 0 Å². The number of nitrogens with two attached hydrogens (primary N) is 1. The lowest BCUT2D eigenvalue weighted by atomic mass is 10.1. The van der Waals surface area contributed by atoms with Crippen LogP contribution in [0.4, 0.5) is 0 Å². The van der Waals surface area contributed by atoms with Crippen molar-refractivity contribution >= 4 is 0 Å². The second-order valence-electron chi connectivity index (χ2n) is 2.70. The van der Waals surface area contributed by atoms with Crippen molar-refractivity contribution in [3.05, 3.63) is 29.3 Å². The molecule has 3 nitrogen and oxygen atoms in total. The SMILES string of the molecule is COc1ccc(C)cc1CNN. The van der Waals surface area contributed by atoms with Crippen molar-refractivity contribution in [1.29, 1.82) is 0 Å². The molecule has 0 radical (unpaired) electrons. The van der Waals surface area contributed by atoms with Crippen molar-refractivity contribution in [3.8, 4) is 5.75 Å². The Bertz CT molecular complexity index is 261. The lowest BCUT2D eigenvalue weighted by Crippen LogP contribution is -2.21. The van der Waals surface area contributed by atoms with Crippen LogP contribution in [0.25, 0.3) is 0 Å². The third-order valence-electron chi connectivity index (χ3n) is 1.73. The van der Waals surface area contributed by atoms with Gasteiger partial charge < -0.3 is 4.74 Å². The first-order valence-electron chi connectivity index (χ1n) is 3.85. The summed E-state index contributed by atoms with van der Waals surface area (Å²) in [6, 6.07) is 6.01. The second kappa shape index (κ2) is 4.09. The molecule has 0 atom stereocenters. The van der Waals surface area contributed by atoms with E-state index in [2.05, 4.69) is 11.5 Å². The summed E-state index contributed by atoms with van der Waals surface area (Å²) in [5.74, 6) is 6.10. The first-order valence-corrected chi connectivity index (χ1v) is 3.85. The molecule has 1 rings (SSSR count). The van der Waals surface area contributed by atoms with Gasteiger partial charge >= 0.3 is 0 Å². The zero-order chi connectivity index (χ0) is 8.97. The molecule has 0 amide bonds. The Balaban J connectivity index is 2.95. The van der Waals surface area contributed by atoms with E-state index in [-0.39, 0.29) is 0 Å². The molecule has 1 aromatic rings. The van der Waals surface area contributed by atoms with E-state index in [0.29, 0.717) is 6.54 Å². The lowest BCUT2D eigenvalue weighted by Gasteiger charge is -2.08. The fourth-order valence-electron chi connectivity index (χ4n) is 1.16. The molecule has 66 valence electrons. The number of aryl methyl sites for hydroxylation is 1. The van der Waals surface area contributed by atoms with E-state index in [1.165, 1.54) is 5.56 Å². The van der Waals surface area contributed by atoms with Crippen LogP contribution in [-0.2, 0) is 6.54 Å². The molecule has 3 N–H and O–H groups in total. The quantitative estimate of drug-likeness (QED) is 0.519. The van der Waals surface area contributed by atoms with Crippen LogP contribution in [0.3, 0.4) is 0 Å². The Morgan fingerprint density at radius 1 is 1.50 bits per heavy atom. The van der Waals surface area contributed by atoms with Gasteiger partial charge in [-0.25, -0.2) is 0 Å². The molecule has 0 spiro atoms. The molecule has 0 aliphatic rings. The van der Waals surface area contributed by atoms with Gasteiger partial charge in [-0.05, 0) is 13.0 Å². The highest BCUT2D eigenvalue weighted by Gasteiger charge is 2.00. The van der Waals surface area contributed by atoms with Crippen molar-refractivity contribution < 1.29 is 4.74 Å². The predicted octanol–water partition coefficient (Wildman–Crippen LogP) is 0.967. The average Bonchev–Trinajstić information content (AvgIpc) is 2.05. The Morgan fingerprint density at radius 2 is 2.25 bits per heavy atom. The van der Waals surface area contributed by atoms with E-state index < -0.39 is 0 Å². The minimum atomic E-state index is 0.630. The van der Waals surface area contributed by atoms with Gasteiger partial charge in [0.05, 0.1) is 7.11 Å². The normalized spacial score (nSPS) is 9.92. The Labute approximate surface area is 72.5 Å². The van der Waals surface area contributed by atoms with E-state index in [4.69, 9.17) is 10.6 Å². The van der Waals surface area contributed by atoms with Crippen LogP contribution in [0.5, 0.6) is 5.75 Å². The number of hydrazine groups is 1. The topological polar surface area (TPSA) is 47.3 Å². The number of rotatable bonds is 3. The van der Waals surface area contributed by atoms with Gasteiger partial charge in [0.25, 0.3) is 0 Å². The summed E-state index contributed by atoms with van der Waals surface area (Å²) in [6.07, 6.45) is 0. The van der Waals surface area contributed by atoms with Crippen molar-refractivity contribution in [3.63, 3.8) is 0 Å². The Hall–Kier alpha value is -1.06. The summed E-state index contributed by atoms with van der Waals surface area (Å²) in [5, 5.41) is 0. The van der Waals surface area contributed by atoms with Crippen LogP contribution < -0.4 is 16.0 Å².